The van der Waals surface area contributed by atoms with Gasteiger partial charge in [0.25, 0.3) is 0 Å². The van der Waals surface area contributed by atoms with Gasteiger partial charge in [-0.25, -0.2) is 4.98 Å². The van der Waals surface area contributed by atoms with Crippen molar-refractivity contribution < 1.29 is 4.74 Å². The minimum atomic E-state index is 0.186. The lowest BCUT2D eigenvalue weighted by molar-refractivity contribution is 0.190. The Morgan fingerprint density at radius 3 is 3.00 bits per heavy atom. The fraction of sp³-hybridized carbons (Fsp3) is 0.357. The molecule has 0 saturated carbocycles. The topological polar surface area (TPSA) is 39.1 Å². The highest BCUT2D eigenvalue weighted by Crippen LogP contribution is 2.24. The van der Waals surface area contributed by atoms with Crippen LogP contribution >= 0.6 is 11.6 Å². The molecule has 0 saturated heterocycles. The van der Waals surface area contributed by atoms with Crippen LogP contribution in [0.3, 0.4) is 0 Å². The number of rotatable bonds is 5. The van der Waals surface area contributed by atoms with E-state index in [1.807, 2.05) is 42.8 Å². The van der Waals surface area contributed by atoms with E-state index < -0.39 is 0 Å². The number of hydrogen-bond donors (Lipinski definition) is 1. The van der Waals surface area contributed by atoms with Gasteiger partial charge in [0.15, 0.2) is 0 Å². The van der Waals surface area contributed by atoms with Crippen LogP contribution in [0.2, 0.25) is 5.02 Å². The summed E-state index contributed by atoms with van der Waals surface area (Å²) in [5.74, 6) is 0.787. The molecule has 0 spiro atoms. The zero-order chi connectivity index (χ0) is 13.8. The third kappa shape index (κ3) is 3.08. The first-order chi connectivity index (χ1) is 9.13. The maximum Gasteiger partial charge on any atom is 0.207 e. The Morgan fingerprint density at radius 1 is 1.47 bits per heavy atom. The van der Waals surface area contributed by atoms with Crippen LogP contribution in [0.25, 0.3) is 5.69 Å². The predicted molar refractivity (Wildman–Crippen MR) is 78.3 cm³/mol. The van der Waals surface area contributed by atoms with Gasteiger partial charge in [0, 0.05) is 30.6 Å². The Labute approximate surface area is 118 Å². The van der Waals surface area contributed by atoms with E-state index in [4.69, 9.17) is 16.3 Å². The third-order valence-corrected chi connectivity index (χ3v) is 3.34. The molecule has 2 aromatic rings. The van der Waals surface area contributed by atoms with Gasteiger partial charge < -0.3 is 10.1 Å². The standard InChI is InChI=1S/C14H18ClN3O/c1-10(9-19-3)17-14-16-7-8-18(14)13-6-4-5-12(15)11(13)2/h4-8,10H,9H2,1-3H3,(H,16,17). The quantitative estimate of drug-likeness (QED) is 0.913. The van der Waals surface area contributed by atoms with E-state index >= 15 is 0 Å². The van der Waals surface area contributed by atoms with Crippen LogP contribution in [0.5, 0.6) is 0 Å². The summed E-state index contributed by atoms with van der Waals surface area (Å²) >= 11 is 6.16. The van der Waals surface area contributed by atoms with Crippen LogP contribution in [0.4, 0.5) is 5.95 Å². The average molecular weight is 280 g/mol. The average Bonchev–Trinajstić information content (AvgIpc) is 2.81. The van der Waals surface area contributed by atoms with Crippen molar-refractivity contribution in [2.45, 2.75) is 19.9 Å². The predicted octanol–water partition coefficient (Wildman–Crippen LogP) is 3.28. The highest BCUT2D eigenvalue weighted by molar-refractivity contribution is 6.31. The molecule has 2 rings (SSSR count). The van der Waals surface area contributed by atoms with E-state index in [9.17, 15) is 0 Å². The van der Waals surface area contributed by atoms with E-state index in [2.05, 4.69) is 10.3 Å². The Kier molecular flexibility index (Phi) is 4.45. The molecule has 19 heavy (non-hydrogen) atoms. The van der Waals surface area contributed by atoms with E-state index in [0.29, 0.717) is 6.61 Å². The van der Waals surface area contributed by atoms with E-state index in [1.165, 1.54) is 0 Å². The van der Waals surface area contributed by atoms with E-state index in [-0.39, 0.29) is 6.04 Å². The van der Waals surface area contributed by atoms with E-state index in [1.54, 1.807) is 13.3 Å². The molecule has 1 heterocycles. The molecule has 0 amide bonds. The molecule has 1 atom stereocenters. The summed E-state index contributed by atoms with van der Waals surface area (Å²) in [6.45, 7) is 4.68. The number of ether oxygens (including phenoxy) is 1. The number of hydrogen-bond acceptors (Lipinski definition) is 3. The normalized spacial score (nSPS) is 12.4. The summed E-state index contributed by atoms with van der Waals surface area (Å²) in [5.41, 5.74) is 2.06. The van der Waals surface area contributed by atoms with Crippen LogP contribution in [0.1, 0.15) is 12.5 Å². The van der Waals surface area contributed by atoms with Crippen molar-refractivity contribution in [1.29, 1.82) is 0 Å². The number of halogens is 1. The van der Waals surface area contributed by atoms with Gasteiger partial charge >= 0.3 is 0 Å². The number of imidazole rings is 1. The van der Waals surface area contributed by atoms with Crippen molar-refractivity contribution in [2.75, 3.05) is 19.0 Å². The molecule has 0 aliphatic heterocycles. The summed E-state index contributed by atoms with van der Waals surface area (Å²) in [7, 11) is 1.69. The summed E-state index contributed by atoms with van der Waals surface area (Å²) in [6, 6.07) is 6.03. The van der Waals surface area contributed by atoms with Crippen molar-refractivity contribution in [1.82, 2.24) is 9.55 Å². The lowest BCUT2D eigenvalue weighted by Gasteiger charge is -2.16. The maximum absolute atomic E-state index is 6.16. The smallest absolute Gasteiger partial charge is 0.207 e. The van der Waals surface area contributed by atoms with Crippen molar-refractivity contribution in [3.63, 3.8) is 0 Å². The van der Waals surface area contributed by atoms with Gasteiger partial charge in [-0.3, -0.25) is 4.57 Å². The highest BCUT2D eigenvalue weighted by Gasteiger charge is 2.11. The fourth-order valence-corrected chi connectivity index (χ4v) is 2.14. The summed E-state index contributed by atoms with van der Waals surface area (Å²) in [6.07, 6.45) is 3.68. The van der Waals surface area contributed by atoms with Gasteiger partial charge in [-0.2, -0.15) is 0 Å². The maximum atomic E-state index is 6.16. The number of nitrogens with one attached hydrogen (secondary N) is 1. The first kappa shape index (κ1) is 13.9. The Bertz CT molecular complexity index is 553. The molecule has 5 heteroatoms. The zero-order valence-electron chi connectivity index (χ0n) is 11.4. The molecule has 0 radical (unpaired) electrons. The summed E-state index contributed by atoms with van der Waals surface area (Å²) < 4.78 is 7.11. The van der Waals surface area contributed by atoms with Gasteiger partial charge in [0.2, 0.25) is 5.95 Å². The highest BCUT2D eigenvalue weighted by atomic mass is 35.5. The molecule has 0 fully saturated rings. The number of benzene rings is 1. The molecule has 102 valence electrons. The summed E-state index contributed by atoms with van der Waals surface area (Å²) in [4.78, 5) is 4.34. The molecule has 4 nitrogen and oxygen atoms in total. The van der Waals surface area contributed by atoms with Crippen LogP contribution in [-0.2, 0) is 4.74 Å². The zero-order valence-corrected chi connectivity index (χ0v) is 12.1. The number of methoxy groups -OCH3 is 1. The second-order valence-corrected chi connectivity index (χ2v) is 4.91. The molecule has 0 aliphatic carbocycles. The Balaban J connectivity index is 2.31. The van der Waals surface area contributed by atoms with Gasteiger partial charge in [-0.1, -0.05) is 17.7 Å². The lowest BCUT2D eigenvalue weighted by Crippen LogP contribution is -2.23. The molecule has 0 aliphatic rings. The first-order valence-corrected chi connectivity index (χ1v) is 6.55. The second-order valence-electron chi connectivity index (χ2n) is 4.51. The fourth-order valence-electron chi connectivity index (χ4n) is 1.97. The minimum absolute atomic E-state index is 0.186. The molecular weight excluding hydrogens is 262 g/mol. The largest absolute Gasteiger partial charge is 0.383 e. The molecular formula is C14H18ClN3O. The lowest BCUT2D eigenvalue weighted by atomic mass is 10.2. The molecule has 1 aromatic carbocycles. The number of nitrogens with zero attached hydrogens (tertiary/aromatic N) is 2. The SMILES string of the molecule is COCC(C)Nc1nccn1-c1cccc(Cl)c1C. The van der Waals surface area contributed by atoms with Gasteiger partial charge in [-0.15, -0.1) is 0 Å². The van der Waals surface area contributed by atoms with E-state index in [0.717, 1.165) is 22.2 Å². The van der Waals surface area contributed by atoms with Gasteiger partial charge in [0.05, 0.1) is 12.3 Å². The van der Waals surface area contributed by atoms with Crippen molar-refractivity contribution in [3.8, 4) is 5.69 Å². The molecule has 1 N–H and O–H groups in total. The second kappa shape index (κ2) is 6.08. The van der Waals surface area contributed by atoms with Crippen LogP contribution in [0, 0.1) is 6.92 Å². The van der Waals surface area contributed by atoms with Crippen LogP contribution in [0.15, 0.2) is 30.6 Å². The molecule has 0 bridgehead atoms. The molecule has 1 unspecified atom stereocenters. The number of anilines is 1. The van der Waals surface area contributed by atoms with Crippen molar-refractivity contribution >= 4 is 17.5 Å². The minimum Gasteiger partial charge on any atom is -0.383 e. The Hall–Kier alpha value is -1.52. The van der Waals surface area contributed by atoms with Crippen LogP contribution < -0.4 is 5.32 Å². The number of aromatic nitrogens is 2. The van der Waals surface area contributed by atoms with Gasteiger partial charge in [-0.05, 0) is 31.5 Å². The first-order valence-electron chi connectivity index (χ1n) is 6.17. The summed E-state index contributed by atoms with van der Waals surface area (Å²) in [5, 5.41) is 4.07. The van der Waals surface area contributed by atoms with Crippen molar-refractivity contribution in [2.24, 2.45) is 0 Å². The monoisotopic (exact) mass is 279 g/mol. The van der Waals surface area contributed by atoms with Crippen molar-refractivity contribution in [3.05, 3.63) is 41.2 Å². The molecule has 1 aromatic heterocycles. The van der Waals surface area contributed by atoms with Gasteiger partial charge in [0.1, 0.15) is 0 Å². The van der Waals surface area contributed by atoms with Crippen LogP contribution in [-0.4, -0.2) is 29.3 Å². The third-order valence-electron chi connectivity index (χ3n) is 2.93. The Morgan fingerprint density at radius 2 is 2.26 bits per heavy atom.